The van der Waals surface area contributed by atoms with Crippen LogP contribution in [0.15, 0.2) is 60.9 Å². The average Bonchev–Trinajstić information content (AvgIpc) is 3.16. The molecule has 2 aromatic carbocycles. The number of amides is 1. The van der Waals surface area contributed by atoms with Gasteiger partial charge in [-0.1, -0.05) is 54.6 Å². The van der Waals surface area contributed by atoms with Gasteiger partial charge in [0.2, 0.25) is 5.95 Å². The summed E-state index contributed by atoms with van der Waals surface area (Å²) in [6, 6.07) is 17.0. The predicted molar refractivity (Wildman–Crippen MR) is 93.2 cm³/mol. The number of aromatic nitrogens is 3. The highest BCUT2D eigenvalue weighted by molar-refractivity contribution is 6.47. The van der Waals surface area contributed by atoms with Gasteiger partial charge in [0.05, 0.1) is 0 Å². The topological polar surface area (TPSA) is 68.1 Å². The molecule has 2 heterocycles. The molecule has 0 fully saturated rings. The first kappa shape index (κ1) is 15.3. The molecule has 0 unspecified atom stereocenters. The minimum absolute atomic E-state index is 0.376. The lowest BCUT2D eigenvalue weighted by molar-refractivity contribution is -0.114. The van der Waals surface area contributed by atoms with Crippen molar-refractivity contribution in [2.75, 3.05) is 11.4 Å². The number of rotatable bonds is 3. The molecule has 0 bridgehead atoms. The van der Waals surface area contributed by atoms with Gasteiger partial charge in [0, 0.05) is 18.7 Å². The Labute approximate surface area is 144 Å². The molecule has 4 rings (SSSR count). The third kappa shape index (κ3) is 2.82. The third-order valence-electron chi connectivity index (χ3n) is 4.28. The predicted octanol–water partition coefficient (Wildman–Crippen LogP) is 2.56. The fourth-order valence-corrected chi connectivity index (χ4v) is 2.99. The van der Waals surface area contributed by atoms with Gasteiger partial charge in [0.1, 0.15) is 6.33 Å². The van der Waals surface area contributed by atoms with Crippen LogP contribution in [-0.2, 0) is 11.3 Å². The van der Waals surface area contributed by atoms with Gasteiger partial charge in [-0.3, -0.25) is 14.5 Å². The number of anilines is 1. The van der Waals surface area contributed by atoms with E-state index in [1.165, 1.54) is 11.2 Å². The molecule has 1 aliphatic rings. The van der Waals surface area contributed by atoms with E-state index in [0.717, 1.165) is 17.5 Å². The Morgan fingerprint density at radius 1 is 0.880 bits per heavy atom. The van der Waals surface area contributed by atoms with Gasteiger partial charge in [-0.05, 0) is 17.5 Å². The Hall–Kier alpha value is -3.28. The summed E-state index contributed by atoms with van der Waals surface area (Å²) in [5.74, 6) is -0.664. The van der Waals surface area contributed by atoms with E-state index in [2.05, 4.69) is 10.1 Å². The van der Waals surface area contributed by atoms with E-state index in [1.807, 2.05) is 42.5 Å². The number of Topliss-reactive ketones (excluding diaryl/α,β-unsaturated/α-hetero) is 1. The molecule has 0 spiro atoms. The summed E-state index contributed by atoms with van der Waals surface area (Å²) in [6.45, 7) is 1.18. The summed E-state index contributed by atoms with van der Waals surface area (Å²) >= 11 is 0. The standard InChI is InChI=1S/C19H16N4O2/c24-17(18(25)22-11-4-12-23-19(22)20-13-21-23)16-9-7-15(8-10-16)14-5-2-1-3-6-14/h1-3,5-10,13H,4,11-12H2. The number of benzene rings is 2. The second-order valence-electron chi connectivity index (χ2n) is 5.87. The van der Waals surface area contributed by atoms with E-state index in [9.17, 15) is 9.59 Å². The largest absolute Gasteiger partial charge is 0.301 e. The average molecular weight is 332 g/mol. The van der Waals surface area contributed by atoms with E-state index >= 15 is 0 Å². The summed E-state index contributed by atoms with van der Waals surface area (Å²) in [5, 5.41) is 4.07. The van der Waals surface area contributed by atoms with E-state index in [0.29, 0.717) is 24.6 Å². The number of carbonyl (C=O) groups is 2. The molecule has 6 nitrogen and oxygen atoms in total. The number of hydrogen-bond donors (Lipinski definition) is 0. The smallest absolute Gasteiger partial charge is 0.283 e. The summed E-state index contributed by atoms with van der Waals surface area (Å²) in [4.78, 5) is 30.7. The van der Waals surface area contributed by atoms with Gasteiger partial charge < -0.3 is 0 Å². The first-order valence-corrected chi connectivity index (χ1v) is 8.13. The molecule has 0 radical (unpaired) electrons. The van der Waals surface area contributed by atoms with Crippen LogP contribution in [0.5, 0.6) is 0 Å². The molecule has 3 aromatic rings. The molecule has 25 heavy (non-hydrogen) atoms. The molecule has 1 amide bonds. The van der Waals surface area contributed by atoms with Gasteiger partial charge in [-0.2, -0.15) is 10.1 Å². The number of ketones is 1. The van der Waals surface area contributed by atoms with E-state index in [1.54, 1.807) is 16.8 Å². The molecule has 0 saturated heterocycles. The van der Waals surface area contributed by atoms with Crippen molar-refractivity contribution in [1.29, 1.82) is 0 Å². The fourth-order valence-electron chi connectivity index (χ4n) is 2.99. The Morgan fingerprint density at radius 2 is 1.60 bits per heavy atom. The molecule has 0 saturated carbocycles. The summed E-state index contributed by atoms with van der Waals surface area (Å²) in [6.07, 6.45) is 2.16. The van der Waals surface area contributed by atoms with Crippen LogP contribution < -0.4 is 4.90 Å². The molecule has 6 heteroatoms. The molecular weight excluding hydrogens is 316 g/mol. The molecule has 124 valence electrons. The van der Waals surface area contributed by atoms with Gasteiger partial charge in [0.25, 0.3) is 5.78 Å². The molecule has 0 aliphatic carbocycles. The van der Waals surface area contributed by atoms with Crippen LogP contribution >= 0.6 is 0 Å². The van der Waals surface area contributed by atoms with Crippen LogP contribution in [0.1, 0.15) is 16.8 Å². The summed E-state index contributed by atoms with van der Waals surface area (Å²) < 4.78 is 1.65. The molecule has 0 atom stereocenters. The Kier molecular flexibility index (Phi) is 3.85. The van der Waals surface area contributed by atoms with Crippen molar-refractivity contribution in [2.45, 2.75) is 13.0 Å². The molecule has 1 aliphatic heterocycles. The first-order valence-electron chi connectivity index (χ1n) is 8.13. The van der Waals surface area contributed by atoms with Crippen molar-refractivity contribution >= 4 is 17.6 Å². The maximum absolute atomic E-state index is 12.6. The van der Waals surface area contributed by atoms with Crippen molar-refractivity contribution in [1.82, 2.24) is 14.8 Å². The van der Waals surface area contributed by atoms with Crippen molar-refractivity contribution < 1.29 is 9.59 Å². The zero-order valence-electron chi connectivity index (χ0n) is 13.5. The maximum atomic E-state index is 12.6. The summed E-state index contributed by atoms with van der Waals surface area (Å²) in [7, 11) is 0. The van der Waals surface area contributed by atoms with Crippen molar-refractivity contribution in [2.24, 2.45) is 0 Å². The highest BCUT2D eigenvalue weighted by Gasteiger charge is 2.29. The van der Waals surface area contributed by atoms with Gasteiger partial charge in [-0.25, -0.2) is 4.68 Å². The second kappa shape index (κ2) is 6.32. The SMILES string of the molecule is O=C(C(=O)N1CCCn2ncnc21)c1ccc(-c2ccccc2)cc1. The van der Waals surface area contributed by atoms with Crippen LogP contribution in [0.2, 0.25) is 0 Å². The van der Waals surface area contributed by atoms with Gasteiger partial charge in [0.15, 0.2) is 0 Å². The fraction of sp³-hybridized carbons (Fsp3) is 0.158. The normalized spacial score (nSPS) is 13.4. The lowest BCUT2D eigenvalue weighted by atomic mass is 10.0. The quantitative estimate of drug-likeness (QED) is 0.546. The molecule has 0 N–H and O–H groups in total. The van der Waals surface area contributed by atoms with E-state index in [-0.39, 0.29) is 0 Å². The zero-order chi connectivity index (χ0) is 17.2. The number of fused-ring (bicyclic) bond motifs is 1. The number of nitrogens with zero attached hydrogens (tertiary/aromatic N) is 4. The van der Waals surface area contributed by atoms with E-state index in [4.69, 9.17) is 0 Å². The van der Waals surface area contributed by atoms with Crippen molar-refractivity contribution in [3.63, 3.8) is 0 Å². The summed E-state index contributed by atoms with van der Waals surface area (Å²) in [5.41, 5.74) is 2.44. The van der Waals surface area contributed by atoms with E-state index < -0.39 is 11.7 Å². The first-order chi connectivity index (χ1) is 12.2. The Bertz CT molecular complexity index is 916. The highest BCUT2D eigenvalue weighted by atomic mass is 16.2. The highest BCUT2D eigenvalue weighted by Crippen LogP contribution is 2.21. The van der Waals surface area contributed by atoms with Crippen LogP contribution in [0.25, 0.3) is 11.1 Å². The second-order valence-corrected chi connectivity index (χ2v) is 5.87. The van der Waals surface area contributed by atoms with Crippen LogP contribution in [0, 0.1) is 0 Å². The Balaban J connectivity index is 1.56. The minimum atomic E-state index is -0.568. The van der Waals surface area contributed by atoms with Crippen molar-refractivity contribution in [3.8, 4) is 11.1 Å². The third-order valence-corrected chi connectivity index (χ3v) is 4.28. The monoisotopic (exact) mass is 332 g/mol. The number of aryl methyl sites for hydroxylation is 1. The van der Waals surface area contributed by atoms with Crippen LogP contribution in [0.4, 0.5) is 5.95 Å². The van der Waals surface area contributed by atoms with Gasteiger partial charge in [-0.15, -0.1) is 0 Å². The van der Waals surface area contributed by atoms with Crippen molar-refractivity contribution in [3.05, 3.63) is 66.5 Å². The van der Waals surface area contributed by atoms with Crippen LogP contribution in [0.3, 0.4) is 0 Å². The van der Waals surface area contributed by atoms with Gasteiger partial charge >= 0.3 is 5.91 Å². The lowest BCUT2D eigenvalue weighted by Gasteiger charge is -2.25. The molecule has 1 aromatic heterocycles. The van der Waals surface area contributed by atoms with Crippen LogP contribution in [-0.4, -0.2) is 33.0 Å². The minimum Gasteiger partial charge on any atom is -0.283 e. The lowest BCUT2D eigenvalue weighted by Crippen LogP contribution is -2.42. The Morgan fingerprint density at radius 3 is 2.36 bits per heavy atom. The maximum Gasteiger partial charge on any atom is 0.301 e. The zero-order valence-corrected chi connectivity index (χ0v) is 13.5. The number of hydrogen-bond acceptors (Lipinski definition) is 4. The molecular formula is C19H16N4O2. The number of carbonyl (C=O) groups excluding carboxylic acids is 2.